The fraction of sp³-hybridized carbons (Fsp3) is 1.00. The van der Waals surface area contributed by atoms with Crippen LogP contribution in [-0.4, -0.2) is 45.4 Å². The lowest BCUT2D eigenvalue weighted by Gasteiger charge is -2.30. The van der Waals surface area contributed by atoms with Crippen LogP contribution in [0.5, 0.6) is 0 Å². The molecule has 0 aliphatic carbocycles. The first-order valence-corrected chi connectivity index (χ1v) is 15.1. The van der Waals surface area contributed by atoms with E-state index in [0.29, 0.717) is 30.7 Å². The maximum atomic E-state index is 6.14. The molecule has 0 spiro atoms. The van der Waals surface area contributed by atoms with Crippen LogP contribution >= 0.6 is 0 Å². The molecule has 1 saturated heterocycles. The number of rotatable bonds is 21. The van der Waals surface area contributed by atoms with Crippen molar-refractivity contribution in [2.75, 3.05) is 33.0 Å². The van der Waals surface area contributed by atoms with E-state index in [9.17, 15) is 0 Å². The quantitative estimate of drug-likeness (QED) is 0.117. The van der Waals surface area contributed by atoms with Crippen LogP contribution in [0.4, 0.5) is 0 Å². The zero-order valence-electron chi connectivity index (χ0n) is 24.6. The van der Waals surface area contributed by atoms with Gasteiger partial charge >= 0.3 is 0 Å². The van der Waals surface area contributed by atoms with Crippen molar-refractivity contribution in [1.29, 1.82) is 0 Å². The molecule has 0 N–H and O–H groups in total. The van der Waals surface area contributed by atoms with Gasteiger partial charge in [0.2, 0.25) is 0 Å². The highest BCUT2D eigenvalue weighted by atomic mass is 16.7. The maximum absolute atomic E-state index is 6.14. The van der Waals surface area contributed by atoms with Crippen molar-refractivity contribution in [3.63, 3.8) is 0 Å². The van der Waals surface area contributed by atoms with Gasteiger partial charge in [0.15, 0.2) is 6.29 Å². The summed E-state index contributed by atoms with van der Waals surface area (Å²) in [6.07, 6.45) is 20.5. The third-order valence-electron chi connectivity index (χ3n) is 6.85. The van der Waals surface area contributed by atoms with Gasteiger partial charge < -0.3 is 18.9 Å². The van der Waals surface area contributed by atoms with Crippen molar-refractivity contribution >= 4 is 0 Å². The Morgan fingerprint density at radius 2 is 0.971 bits per heavy atom. The number of unbranched alkanes of at least 4 members (excludes halogenated alkanes) is 12. The maximum Gasteiger partial charge on any atom is 0.185 e. The molecular weight excluding hydrogens is 436 g/mol. The molecule has 0 bridgehead atoms. The number of hydrogen-bond acceptors (Lipinski definition) is 4. The van der Waals surface area contributed by atoms with Crippen LogP contribution in [0, 0.1) is 10.8 Å². The summed E-state index contributed by atoms with van der Waals surface area (Å²) in [5, 5.41) is 0. The molecule has 35 heavy (non-hydrogen) atoms. The molecule has 4 heteroatoms. The molecule has 1 aliphatic heterocycles. The highest BCUT2D eigenvalue weighted by molar-refractivity contribution is 4.66. The van der Waals surface area contributed by atoms with Gasteiger partial charge in [-0.2, -0.15) is 0 Å². The lowest BCUT2D eigenvalue weighted by molar-refractivity contribution is -0.237. The van der Waals surface area contributed by atoms with Gasteiger partial charge in [-0.25, -0.2) is 0 Å². The van der Waals surface area contributed by atoms with Gasteiger partial charge in [-0.15, -0.1) is 0 Å². The molecule has 0 saturated carbocycles. The van der Waals surface area contributed by atoms with E-state index in [1.54, 1.807) is 0 Å². The van der Waals surface area contributed by atoms with Crippen molar-refractivity contribution in [3.8, 4) is 0 Å². The number of hydrogen-bond donors (Lipinski definition) is 0. The summed E-state index contributed by atoms with van der Waals surface area (Å²) in [5.41, 5.74) is 0.962. The van der Waals surface area contributed by atoms with Gasteiger partial charge in [0.05, 0.1) is 19.8 Å². The summed E-state index contributed by atoms with van der Waals surface area (Å²) in [4.78, 5) is 0. The summed E-state index contributed by atoms with van der Waals surface area (Å²) in [6.45, 7) is 17.4. The van der Waals surface area contributed by atoms with Crippen molar-refractivity contribution in [2.45, 2.75) is 157 Å². The van der Waals surface area contributed by atoms with E-state index in [-0.39, 0.29) is 12.4 Å². The van der Waals surface area contributed by atoms with Crippen LogP contribution in [0.25, 0.3) is 0 Å². The van der Waals surface area contributed by atoms with E-state index < -0.39 is 0 Å². The SMILES string of the molecule is CC(C)(C)CCCCCCCCCOC(OCCCCCCCCCC(C)(C)C)C1COCCO1. The van der Waals surface area contributed by atoms with Gasteiger partial charge in [0.1, 0.15) is 6.10 Å². The normalized spacial score (nSPS) is 17.4. The van der Waals surface area contributed by atoms with Gasteiger partial charge in [-0.3, -0.25) is 0 Å². The fourth-order valence-corrected chi connectivity index (χ4v) is 4.61. The molecule has 1 fully saturated rings. The molecule has 0 radical (unpaired) electrons. The molecule has 0 aromatic rings. The monoisotopic (exact) mass is 498 g/mol. The van der Waals surface area contributed by atoms with E-state index in [4.69, 9.17) is 18.9 Å². The lowest BCUT2D eigenvalue weighted by Crippen LogP contribution is -2.42. The standard InChI is InChI=1S/C31H62O4/c1-30(2,3)21-17-13-9-7-11-15-19-23-34-29(28-27-32-25-26-33-28)35-24-20-16-12-8-10-14-18-22-31(4,5)6/h28-29H,7-27H2,1-6H3. The summed E-state index contributed by atoms with van der Waals surface area (Å²) in [5.74, 6) is 0. The van der Waals surface area contributed by atoms with E-state index in [1.165, 1.54) is 89.9 Å². The second-order valence-corrected chi connectivity index (χ2v) is 13.2. The average molecular weight is 499 g/mol. The Morgan fingerprint density at radius 3 is 1.34 bits per heavy atom. The van der Waals surface area contributed by atoms with Gasteiger partial charge in [-0.05, 0) is 36.5 Å². The second kappa shape index (κ2) is 19.9. The van der Waals surface area contributed by atoms with Crippen LogP contribution in [-0.2, 0) is 18.9 Å². The minimum Gasteiger partial charge on any atom is -0.376 e. The molecule has 1 aliphatic rings. The highest BCUT2D eigenvalue weighted by Crippen LogP contribution is 2.23. The molecule has 0 amide bonds. The summed E-state index contributed by atoms with van der Waals surface area (Å²) >= 11 is 0. The largest absolute Gasteiger partial charge is 0.376 e. The highest BCUT2D eigenvalue weighted by Gasteiger charge is 2.26. The van der Waals surface area contributed by atoms with E-state index in [2.05, 4.69) is 41.5 Å². The molecule has 1 heterocycles. The Morgan fingerprint density at radius 1 is 0.571 bits per heavy atom. The van der Waals surface area contributed by atoms with E-state index in [0.717, 1.165) is 26.1 Å². The number of ether oxygens (including phenoxy) is 4. The first-order valence-electron chi connectivity index (χ1n) is 15.1. The molecule has 210 valence electrons. The molecule has 0 aromatic heterocycles. The van der Waals surface area contributed by atoms with Crippen molar-refractivity contribution in [2.24, 2.45) is 10.8 Å². The second-order valence-electron chi connectivity index (χ2n) is 13.2. The topological polar surface area (TPSA) is 36.9 Å². The zero-order valence-corrected chi connectivity index (χ0v) is 24.6. The fourth-order valence-electron chi connectivity index (χ4n) is 4.61. The molecule has 0 aromatic carbocycles. The van der Waals surface area contributed by atoms with Crippen LogP contribution in [0.2, 0.25) is 0 Å². The van der Waals surface area contributed by atoms with Crippen molar-refractivity contribution in [3.05, 3.63) is 0 Å². The minimum absolute atomic E-state index is 0.0885. The van der Waals surface area contributed by atoms with E-state index in [1.807, 2.05) is 0 Å². The smallest absolute Gasteiger partial charge is 0.185 e. The van der Waals surface area contributed by atoms with Crippen molar-refractivity contribution < 1.29 is 18.9 Å². The average Bonchev–Trinajstić information content (AvgIpc) is 2.79. The first-order chi connectivity index (χ1) is 16.7. The Bertz CT molecular complexity index is 426. The third-order valence-corrected chi connectivity index (χ3v) is 6.85. The van der Waals surface area contributed by atoms with Crippen LogP contribution in [0.1, 0.15) is 144 Å². The van der Waals surface area contributed by atoms with Gasteiger partial charge in [-0.1, -0.05) is 119 Å². The lowest BCUT2D eigenvalue weighted by atomic mass is 9.89. The molecule has 1 atom stereocenters. The first kappa shape index (κ1) is 32.9. The zero-order chi connectivity index (χ0) is 25.8. The van der Waals surface area contributed by atoms with Gasteiger partial charge in [0, 0.05) is 13.2 Å². The molecular formula is C31H62O4. The Balaban J connectivity index is 2.06. The molecule has 1 unspecified atom stereocenters. The van der Waals surface area contributed by atoms with Crippen LogP contribution in [0.3, 0.4) is 0 Å². The van der Waals surface area contributed by atoms with Crippen LogP contribution < -0.4 is 0 Å². The summed E-state index contributed by atoms with van der Waals surface area (Å²) < 4.78 is 23.8. The Kier molecular flexibility index (Phi) is 18.7. The Hall–Kier alpha value is -0.160. The predicted octanol–water partition coefficient (Wildman–Crippen LogP) is 9.09. The minimum atomic E-state index is -0.287. The third kappa shape index (κ3) is 21.6. The van der Waals surface area contributed by atoms with Crippen LogP contribution in [0.15, 0.2) is 0 Å². The van der Waals surface area contributed by atoms with Gasteiger partial charge in [0.25, 0.3) is 0 Å². The Labute approximate surface area is 219 Å². The summed E-state index contributed by atoms with van der Waals surface area (Å²) in [6, 6.07) is 0. The predicted molar refractivity (Wildman–Crippen MR) is 149 cm³/mol. The van der Waals surface area contributed by atoms with Crippen molar-refractivity contribution in [1.82, 2.24) is 0 Å². The molecule has 4 nitrogen and oxygen atoms in total. The molecule has 1 rings (SSSR count). The van der Waals surface area contributed by atoms with E-state index >= 15 is 0 Å². The summed E-state index contributed by atoms with van der Waals surface area (Å²) in [7, 11) is 0.